The van der Waals surface area contributed by atoms with Crippen LogP contribution in [-0.2, 0) is 10.3 Å². The fourth-order valence-corrected chi connectivity index (χ4v) is 4.80. The zero-order valence-corrected chi connectivity index (χ0v) is 18.4. The summed E-state index contributed by atoms with van der Waals surface area (Å²) in [6, 6.07) is 31.5. The summed E-state index contributed by atoms with van der Waals surface area (Å²) in [5, 5.41) is 4.13. The van der Waals surface area contributed by atoms with E-state index in [0.717, 1.165) is 28.1 Å². The molecule has 1 unspecified atom stereocenters. The van der Waals surface area contributed by atoms with E-state index in [1.165, 1.54) is 0 Å². The fourth-order valence-electron chi connectivity index (χ4n) is 4.80. The number of anilines is 2. The SMILES string of the molecule is CN(c1ccccc1)N(C)c1ccc2c(c1)C1(OC(=O)c3ccccc31)c1ccccc1O2. The Balaban J connectivity index is 1.54. The van der Waals surface area contributed by atoms with Crippen LogP contribution in [0.3, 0.4) is 0 Å². The molecule has 6 rings (SSSR count). The number of ether oxygens (including phenoxy) is 2. The van der Waals surface area contributed by atoms with Gasteiger partial charge in [-0.25, -0.2) is 4.79 Å². The first kappa shape index (κ1) is 19.4. The van der Waals surface area contributed by atoms with Crippen molar-refractivity contribution in [1.82, 2.24) is 0 Å². The topological polar surface area (TPSA) is 42.0 Å². The molecule has 2 aliphatic heterocycles. The van der Waals surface area contributed by atoms with Crippen molar-refractivity contribution in [3.05, 3.63) is 119 Å². The molecule has 4 aromatic carbocycles. The molecule has 0 saturated heterocycles. The number of hydrogen-bond acceptors (Lipinski definition) is 5. The van der Waals surface area contributed by atoms with Crippen molar-refractivity contribution in [3.63, 3.8) is 0 Å². The Morgan fingerprint density at radius 2 is 1.27 bits per heavy atom. The third-order valence-electron chi connectivity index (χ3n) is 6.55. The third kappa shape index (κ3) is 2.75. The van der Waals surface area contributed by atoms with Crippen LogP contribution in [0.5, 0.6) is 11.5 Å². The lowest BCUT2D eigenvalue weighted by Crippen LogP contribution is -2.37. The van der Waals surface area contributed by atoms with Gasteiger partial charge in [-0.1, -0.05) is 54.6 Å². The van der Waals surface area contributed by atoms with E-state index in [2.05, 4.69) is 28.2 Å². The number of esters is 1. The second kappa shape index (κ2) is 7.14. The standard InChI is InChI=1S/C28H22N2O3/c1-29(19-10-4-3-5-11-19)30(2)20-16-17-26-24(18-20)28(23-14-8-9-15-25(23)32-26)22-13-7-6-12-21(22)27(31)33-28/h3-18H,1-2H3. The molecule has 0 saturated carbocycles. The van der Waals surface area contributed by atoms with E-state index in [-0.39, 0.29) is 5.97 Å². The van der Waals surface area contributed by atoms with Gasteiger partial charge in [0.15, 0.2) is 5.60 Å². The van der Waals surface area contributed by atoms with Crippen LogP contribution < -0.4 is 14.8 Å². The van der Waals surface area contributed by atoms with Crippen molar-refractivity contribution < 1.29 is 14.3 Å². The highest BCUT2D eigenvalue weighted by molar-refractivity contribution is 5.97. The van der Waals surface area contributed by atoms with Gasteiger partial charge in [0, 0.05) is 30.8 Å². The van der Waals surface area contributed by atoms with Gasteiger partial charge in [0.2, 0.25) is 0 Å². The van der Waals surface area contributed by atoms with Gasteiger partial charge in [-0.3, -0.25) is 10.0 Å². The number of fused-ring (bicyclic) bond motifs is 6. The Labute approximate surface area is 192 Å². The number of hydrazine groups is 1. The lowest BCUT2D eigenvalue weighted by atomic mass is 9.77. The van der Waals surface area contributed by atoms with Gasteiger partial charge in [0.25, 0.3) is 0 Å². The summed E-state index contributed by atoms with van der Waals surface area (Å²) in [7, 11) is 4.02. The highest BCUT2D eigenvalue weighted by Crippen LogP contribution is 2.56. The minimum Gasteiger partial charge on any atom is -0.456 e. The van der Waals surface area contributed by atoms with Crippen LogP contribution in [0, 0.1) is 0 Å². The number of benzene rings is 4. The fraction of sp³-hybridized carbons (Fsp3) is 0.107. The number of carbonyl (C=O) groups is 1. The number of hydrogen-bond donors (Lipinski definition) is 0. The average Bonchev–Trinajstić information content (AvgIpc) is 3.17. The number of para-hydroxylation sites is 2. The van der Waals surface area contributed by atoms with Crippen LogP contribution in [0.15, 0.2) is 97.1 Å². The second-order valence-electron chi connectivity index (χ2n) is 8.28. The van der Waals surface area contributed by atoms with Crippen LogP contribution in [0.2, 0.25) is 0 Å². The Hall–Kier alpha value is -4.25. The molecule has 4 aromatic rings. The van der Waals surface area contributed by atoms with E-state index in [1.807, 2.05) is 93.0 Å². The Bertz CT molecular complexity index is 1390. The van der Waals surface area contributed by atoms with Crippen molar-refractivity contribution in [2.24, 2.45) is 0 Å². The summed E-state index contributed by atoms with van der Waals surface area (Å²) in [4.78, 5) is 13.0. The van der Waals surface area contributed by atoms with Crippen molar-refractivity contribution in [2.75, 3.05) is 24.1 Å². The van der Waals surface area contributed by atoms with Crippen molar-refractivity contribution >= 4 is 17.3 Å². The van der Waals surface area contributed by atoms with Crippen LogP contribution in [0.4, 0.5) is 11.4 Å². The molecule has 5 nitrogen and oxygen atoms in total. The van der Waals surface area contributed by atoms with Gasteiger partial charge in [-0.15, -0.1) is 0 Å². The number of rotatable bonds is 3. The maximum Gasteiger partial charge on any atom is 0.340 e. The molecule has 33 heavy (non-hydrogen) atoms. The first-order valence-electron chi connectivity index (χ1n) is 10.9. The smallest absolute Gasteiger partial charge is 0.340 e. The van der Waals surface area contributed by atoms with Crippen LogP contribution in [-0.4, -0.2) is 20.1 Å². The summed E-state index contributed by atoms with van der Waals surface area (Å²) < 4.78 is 12.5. The summed E-state index contributed by atoms with van der Waals surface area (Å²) in [6.07, 6.45) is 0. The minimum atomic E-state index is -1.06. The molecule has 0 N–H and O–H groups in total. The number of nitrogens with zero attached hydrogens (tertiary/aromatic N) is 2. The van der Waals surface area contributed by atoms with E-state index in [9.17, 15) is 4.79 Å². The Morgan fingerprint density at radius 1 is 0.636 bits per heavy atom. The van der Waals surface area contributed by atoms with Crippen LogP contribution in [0.25, 0.3) is 0 Å². The van der Waals surface area contributed by atoms with Crippen molar-refractivity contribution in [2.45, 2.75) is 5.60 Å². The van der Waals surface area contributed by atoms with Gasteiger partial charge in [0.1, 0.15) is 11.5 Å². The quantitative estimate of drug-likeness (QED) is 0.304. The molecule has 2 aliphatic rings. The molecule has 5 heteroatoms. The Kier molecular flexibility index (Phi) is 4.20. The van der Waals surface area contributed by atoms with Crippen LogP contribution >= 0.6 is 0 Å². The highest BCUT2D eigenvalue weighted by Gasteiger charge is 2.53. The molecule has 1 atom stereocenters. The Morgan fingerprint density at radius 3 is 2.09 bits per heavy atom. The molecule has 0 aliphatic carbocycles. The molecule has 0 radical (unpaired) electrons. The van der Waals surface area contributed by atoms with E-state index in [4.69, 9.17) is 9.47 Å². The molecule has 0 amide bonds. The average molecular weight is 434 g/mol. The molecule has 0 bridgehead atoms. The normalized spacial score (nSPS) is 17.5. The predicted octanol–water partition coefficient (Wildman–Crippen LogP) is 5.74. The van der Waals surface area contributed by atoms with E-state index >= 15 is 0 Å². The third-order valence-corrected chi connectivity index (χ3v) is 6.55. The largest absolute Gasteiger partial charge is 0.456 e. The van der Waals surface area contributed by atoms with E-state index in [1.54, 1.807) is 0 Å². The first-order chi connectivity index (χ1) is 16.1. The van der Waals surface area contributed by atoms with Gasteiger partial charge in [-0.2, -0.15) is 0 Å². The van der Waals surface area contributed by atoms with Gasteiger partial charge >= 0.3 is 5.97 Å². The van der Waals surface area contributed by atoms with Crippen LogP contribution in [0.1, 0.15) is 27.0 Å². The summed E-state index contributed by atoms with van der Waals surface area (Å²) in [5.74, 6) is 1.04. The molecule has 1 spiro atoms. The molecular formula is C28H22N2O3. The summed E-state index contributed by atoms with van der Waals surface area (Å²) >= 11 is 0. The monoisotopic (exact) mass is 434 g/mol. The lowest BCUT2D eigenvalue weighted by Gasteiger charge is -2.38. The highest BCUT2D eigenvalue weighted by atomic mass is 16.6. The zero-order chi connectivity index (χ0) is 22.6. The minimum absolute atomic E-state index is 0.326. The van der Waals surface area contributed by atoms with E-state index in [0.29, 0.717) is 17.1 Å². The van der Waals surface area contributed by atoms with Gasteiger partial charge in [-0.05, 0) is 42.5 Å². The molecule has 2 heterocycles. The molecule has 0 aromatic heterocycles. The predicted molar refractivity (Wildman–Crippen MR) is 128 cm³/mol. The maximum atomic E-state index is 13.0. The molecule has 162 valence electrons. The first-order valence-corrected chi connectivity index (χ1v) is 10.9. The van der Waals surface area contributed by atoms with Gasteiger partial charge < -0.3 is 9.47 Å². The summed E-state index contributed by atoms with van der Waals surface area (Å²) in [6.45, 7) is 0. The maximum absolute atomic E-state index is 13.0. The summed E-state index contributed by atoms with van der Waals surface area (Å²) in [5.41, 5.74) is 4.01. The zero-order valence-electron chi connectivity index (χ0n) is 18.4. The van der Waals surface area contributed by atoms with Crippen molar-refractivity contribution in [1.29, 1.82) is 0 Å². The number of carbonyl (C=O) groups excluding carboxylic acids is 1. The van der Waals surface area contributed by atoms with Crippen molar-refractivity contribution in [3.8, 4) is 11.5 Å². The van der Waals surface area contributed by atoms with Gasteiger partial charge in [0.05, 0.1) is 16.9 Å². The van der Waals surface area contributed by atoms with E-state index < -0.39 is 5.60 Å². The second-order valence-corrected chi connectivity index (χ2v) is 8.28. The molecule has 0 fully saturated rings. The lowest BCUT2D eigenvalue weighted by molar-refractivity contribution is 0.0224. The molecular weight excluding hydrogens is 412 g/mol.